The van der Waals surface area contributed by atoms with E-state index in [1.165, 1.54) is 18.2 Å². The van der Waals surface area contributed by atoms with Crippen LogP contribution >= 0.6 is 23.2 Å². The molecule has 0 aliphatic rings. The largest absolute Gasteiger partial charge is 0.349 e. The third kappa shape index (κ3) is 5.09. The second-order valence-electron chi connectivity index (χ2n) is 4.96. The number of sulfonamides is 1. The molecule has 0 saturated carbocycles. The van der Waals surface area contributed by atoms with Gasteiger partial charge in [-0.3, -0.25) is 14.1 Å². The number of aromatic nitrogens is 1. The van der Waals surface area contributed by atoms with Gasteiger partial charge in [0.1, 0.15) is 6.54 Å². The lowest BCUT2D eigenvalue weighted by atomic mass is 10.3. The monoisotopic (exact) mass is 387 g/mol. The molecule has 0 fully saturated rings. The third-order valence-corrected chi connectivity index (χ3v) is 4.74. The second kappa shape index (κ2) is 7.83. The van der Waals surface area contributed by atoms with E-state index in [1.54, 1.807) is 24.4 Å². The van der Waals surface area contributed by atoms with Crippen LogP contribution in [0.2, 0.25) is 10.0 Å². The molecule has 0 radical (unpaired) electrons. The minimum Gasteiger partial charge on any atom is -0.349 e. The summed E-state index contributed by atoms with van der Waals surface area (Å²) in [5, 5.41) is 3.12. The van der Waals surface area contributed by atoms with E-state index in [0.717, 1.165) is 10.6 Å². The van der Waals surface area contributed by atoms with E-state index in [4.69, 9.17) is 23.2 Å². The van der Waals surface area contributed by atoms with Gasteiger partial charge in [0.05, 0.1) is 29.2 Å². The van der Waals surface area contributed by atoms with Gasteiger partial charge in [-0.25, -0.2) is 8.42 Å². The Morgan fingerprint density at radius 2 is 2.00 bits per heavy atom. The molecule has 0 bridgehead atoms. The zero-order valence-corrected chi connectivity index (χ0v) is 15.1. The molecule has 0 aliphatic carbocycles. The van der Waals surface area contributed by atoms with Crippen molar-refractivity contribution in [3.05, 3.63) is 58.3 Å². The number of halogens is 2. The van der Waals surface area contributed by atoms with Crippen molar-refractivity contribution in [1.82, 2.24) is 10.3 Å². The van der Waals surface area contributed by atoms with Crippen LogP contribution in [-0.2, 0) is 21.4 Å². The number of benzene rings is 1. The van der Waals surface area contributed by atoms with Crippen LogP contribution in [-0.4, -0.2) is 32.1 Å². The zero-order chi connectivity index (χ0) is 17.7. The molecule has 0 aliphatic heterocycles. The Morgan fingerprint density at radius 1 is 1.25 bits per heavy atom. The number of carbonyl (C=O) groups excluding carboxylic acids is 1. The molecule has 2 aromatic rings. The highest BCUT2D eigenvalue weighted by molar-refractivity contribution is 7.92. The molecule has 128 valence electrons. The highest BCUT2D eigenvalue weighted by atomic mass is 35.5. The summed E-state index contributed by atoms with van der Waals surface area (Å²) in [5.74, 6) is -0.484. The average Bonchev–Trinajstić information content (AvgIpc) is 2.53. The lowest BCUT2D eigenvalue weighted by Crippen LogP contribution is -2.40. The number of rotatable bonds is 6. The zero-order valence-electron chi connectivity index (χ0n) is 12.7. The van der Waals surface area contributed by atoms with Crippen LogP contribution in [0.1, 0.15) is 5.69 Å². The molecule has 2 rings (SSSR count). The van der Waals surface area contributed by atoms with Crippen molar-refractivity contribution in [2.45, 2.75) is 6.54 Å². The Morgan fingerprint density at radius 3 is 2.62 bits per heavy atom. The van der Waals surface area contributed by atoms with Gasteiger partial charge in [0.25, 0.3) is 0 Å². The smallest absolute Gasteiger partial charge is 0.241 e. The molecule has 24 heavy (non-hydrogen) atoms. The highest BCUT2D eigenvalue weighted by Crippen LogP contribution is 2.30. The molecule has 1 amide bonds. The first-order valence-corrected chi connectivity index (χ1v) is 9.47. The lowest BCUT2D eigenvalue weighted by molar-refractivity contribution is -0.119. The first-order valence-electron chi connectivity index (χ1n) is 6.87. The van der Waals surface area contributed by atoms with Crippen molar-refractivity contribution in [2.24, 2.45) is 0 Å². The Labute approximate surface area is 150 Å². The van der Waals surface area contributed by atoms with E-state index < -0.39 is 22.5 Å². The fourth-order valence-electron chi connectivity index (χ4n) is 1.94. The van der Waals surface area contributed by atoms with Crippen molar-refractivity contribution in [3.8, 4) is 0 Å². The normalized spacial score (nSPS) is 11.1. The summed E-state index contributed by atoms with van der Waals surface area (Å²) in [6.45, 7) is -0.216. The van der Waals surface area contributed by atoms with Crippen molar-refractivity contribution in [2.75, 3.05) is 17.1 Å². The first-order chi connectivity index (χ1) is 11.3. The van der Waals surface area contributed by atoms with Crippen LogP contribution in [0, 0.1) is 0 Å². The Balaban J connectivity index is 2.15. The van der Waals surface area contributed by atoms with E-state index in [2.05, 4.69) is 10.3 Å². The summed E-state index contributed by atoms with van der Waals surface area (Å²) in [6, 6.07) is 9.72. The molecule has 0 saturated heterocycles. The van der Waals surface area contributed by atoms with Crippen molar-refractivity contribution >= 4 is 44.8 Å². The fourth-order valence-corrected chi connectivity index (χ4v) is 3.23. The Kier molecular flexibility index (Phi) is 6.04. The summed E-state index contributed by atoms with van der Waals surface area (Å²) in [4.78, 5) is 16.2. The van der Waals surface area contributed by atoms with Gasteiger partial charge in [-0.15, -0.1) is 0 Å². The van der Waals surface area contributed by atoms with Crippen LogP contribution in [0.5, 0.6) is 0 Å². The molecule has 6 nitrogen and oxygen atoms in total. The molecule has 0 unspecified atom stereocenters. The van der Waals surface area contributed by atoms with Gasteiger partial charge in [0, 0.05) is 11.2 Å². The number of hydrogen-bond acceptors (Lipinski definition) is 4. The molecule has 1 N–H and O–H groups in total. The summed E-state index contributed by atoms with van der Waals surface area (Å²) >= 11 is 11.9. The Hall–Kier alpha value is -1.83. The molecule has 1 aromatic heterocycles. The number of pyridine rings is 1. The molecule has 9 heteroatoms. The molecular weight excluding hydrogens is 373 g/mol. The fraction of sp³-hybridized carbons (Fsp3) is 0.200. The van der Waals surface area contributed by atoms with E-state index in [-0.39, 0.29) is 17.3 Å². The van der Waals surface area contributed by atoms with Gasteiger partial charge in [-0.2, -0.15) is 0 Å². The van der Waals surface area contributed by atoms with Crippen LogP contribution in [0.4, 0.5) is 5.69 Å². The number of amides is 1. The molecule has 1 aromatic carbocycles. The van der Waals surface area contributed by atoms with E-state index in [1.807, 2.05) is 0 Å². The van der Waals surface area contributed by atoms with Gasteiger partial charge >= 0.3 is 0 Å². The van der Waals surface area contributed by atoms with Crippen molar-refractivity contribution in [3.63, 3.8) is 0 Å². The molecule has 0 spiro atoms. The van der Waals surface area contributed by atoms with Crippen molar-refractivity contribution in [1.29, 1.82) is 0 Å². The van der Waals surface area contributed by atoms with Crippen molar-refractivity contribution < 1.29 is 13.2 Å². The van der Waals surface area contributed by atoms with E-state index in [9.17, 15) is 13.2 Å². The SMILES string of the molecule is CS(=O)(=O)N(CC(=O)NCc1ccccn1)c1cc(Cl)ccc1Cl. The number of carbonyl (C=O) groups is 1. The van der Waals surface area contributed by atoms with Gasteiger partial charge in [-0.1, -0.05) is 29.3 Å². The summed E-state index contributed by atoms with van der Waals surface area (Å²) in [5.41, 5.74) is 0.817. The third-order valence-electron chi connectivity index (χ3n) is 3.06. The van der Waals surface area contributed by atoms with Crippen LogP contribution in [0.3, 0.4) is 0 Å². The van der Waals surface area contributed by atoms with E-state index in [0.29, 0.717) is 10.7 Å². The van der Waals surface area contributed by atoms with Crippen LogP contribution in [0.15, 0.2) is 42.6 Å². The average molecular weight is 388 g/mol. The summed E-state index contributed by atoms with van der Waals surface area (Å²) in [6.07, 6.45) is 2.60. The minimum atomic E-state index is -3.72. The maximum Gasteiger partial charge on any atom is 0.241 e. The maximum absolute atomic E-state index is 12.1. The van der Waals surface area contributed by atoms with Gasteiger partial charge in [0.15, 0.2) is 0 Å². The minimum absolute atomic E-state index is 0.152. The lowest BCUT2D eigenvalue weighted by Gasteiger charge is -2.23. The topological polar surface area (TPSA) is 79.4 Å². The van der Waals surface area contributed by atoms with E-state index >= 15 is 0 Å². The van der Waals surface area contributed by atoms with Gasteiger partial charge in [0.2, 0.25) is 15.9 Å². The van der Waals surface area contributed by atoms with Gasteiger partial charge < -0.3 is 5.32 Å². The predicted molar refractivity (Wildman–Crippen MR) is 94.7 cm³/mol. The Bertz CT molecular complexity index is 829. The summed E-state index contributed by atoms with van der Waals surface area (Å²) in [7, 11) is -3.72. The number of hydrogen-bond donors (Lipinski definition) is 1. The van der Waals surface area contributed by atoms with Crippen LogP contribution < -0.4 is 9.62 Å². The highest BCUT2D eigenvalue weighted by Gasteiger charge is 2.23. The first kappa shape index (κ1) is 18.5. The quantitative estimate of drug-likeness (QED) is 0.825. The maximum atomic E-state index is 12.1. The molecule has 0 atom stereocenters. The van der Waals surface area contributed by atoms with Crippen LogP contribution in [0.25, 0.3) is 0 Å². The predicted octanol–water partition coefficient (Wildman–Crippen LogP) is 2.47. The number of nitrogens with one attached hydrogen (secondary N) is 1. The molecular formula is C15H15Cl2N3O3S. The molecule has 1 heterocycles. The standard InChI is InChI=1S/C15H15Cl2N3O3S/c1-24(22,23)20(14-8-11(16)5-6-13(14)17)10-15(21)19-9-12-4-2-3-7-18-12/h2-8H,9-10H2,1H3,(H,19,21). The second-order valence-corrected chi connectivity index (χ2v) is 7.71. The number of anilines is 1. The number of nitrogens with zero attached hydrogens (tertiary/aromatic N) is 2. The summed E-state index contributed by atoms with van der Waals surface area (Å²) < 4.78 is 25.0. The van der Waals surface area contributed by atoms with Gasteiger partial charge in [-0.05, 0) is 30.3 Å².